The van der Waals surface area contributed by atoms with E-state index in [9.17, 15) is 9.59 Å². The number of fused-ring (bicyclic) bond motifs is 1. The van der Waals surface area contributed by atoms with Crippen molar-refractivity contribution >= 4 is 40.4 Å². The van der Waals surface area contributed by atoms with Crippen LogP contribution in [0.1, 0.15) is 18.3 Å². The van der Waals surface area contributed by atoms with E-state index in [4.69, 9.17) is 10.00 Å². The predicted octanol–water partition coefficient (Wildman–Crippen LogP) is 3.34. The molecule has 0 aliphatic rings. The number of nitrogens with one attached hydrogen (secondary N) is 1. The maximum absolute atomic E-state index is 12.5. The highest BCUT2D eigenvalue weighted by atomic mass is 32.2. The Labute approximate surface area is 172 Å². The molecule has 1 aromatic heterocycles. The summed E-state index contributed by atoms with van der Waals surface area (Å²) in [5, 5.41) is 11.6. The Morgan fingerprint density at radius 1 is 1.28 bits per heavy atom. The Balaban J connectivity index is 1.67. The zero-order valence-corrected chi connectivity index (χ0v) is 16.9. The van der Waals surface area contributed by atoms with Gasteiger partial charge in [0.1, 0.15) is 12.4 Å². The van der Waals surface area contributed by atoms with Crippen molar-refractivity contribution in [2.75, 3.05) is 11.6 Å². The molecule has 0 aliphatic heterocycles. The average Bonchev–Trinajstić information content (AvgIpc) is 3.05. The number of para-hydroxylation sites is 2. The third kappa shape index (κ3) is 4.95. The lowest BCUT2D eigenvalue weighted by atomic mass is 10.2. The van der Waals surface area contributed by atoms with Crippen LogP contribution >= 0.6 is 11.8 Å². The summed E-state index contributed by atoms with van der Waals surface area (Å²) in [7, 11) is 0. The largest absolute Gasteiger partial charge is 0.451 e. The van der Waals surface area contributed by atoms with Crippen LogP contribution in [0.3, 0.4) is 0 Å². The molecular weight excluding hydrogens is 388 g/mol. The predicted molar refractivity (Wildman–Crippen MR) is 112 cm³/mol. The monoisotopic (exact) mass is 408 g/mol. The Bertz CT molecular complexity index is 1090. The first-order valence-electron chi connectivity index (χ1n) is 8.95. The number of hydrogen-bond donors (Lipinski definition) is 1. The minimum Gasteiger partial charge on any atom is -0.451 e. The summed E-state index contributed by atoms with van der Waals surface area (Å²) >= 11 is 1.61. The fourth-order valence-electron chi connectivity index (χ4n) is 2.87. The van der Waals surface area contributed by atoms with Gasteiger partial charge in [0, 0.05) is 5.69 Å². The van der Waals surface area contributed by atoms with Crippen LogP contribution in [-0.2, 0) is 26.6 Å². The Hall–Kier alpha value is -3.31. The topological polar surface area (TPSA) is 97.0 Å². The molecule has 0 fully saturated rings. The van der Waals surface area contributed by atoms with Crippen molar-refractivity contribution in [2.24, 2.45) is 0 Å². The van der Waals surface area contributed by atoms with Gasteiger partial charge in [0.15, 0.2) is 6.10 Å². The van der Waals surface area contributed by atoms with Crippen molar-refractivity contribution in [3.63, 3.8) is 0 Å². The van der Waals surface area contributed by atoms with Crippen molar-refractivity contribution in [1.82, 2.24) is 9.55 Å². The van der Waals surface area contributed by atoms with Crippen molar-refractivity contribution < 1.29 is 14.3 Å². The van der Waals surface area contributed by atoms with Gasteiger partial charge in [-0.1, -0.05) is 18.2 Å². The number of amides is 1. The van der Waals surface area contributed by atoms with Gasteiger partial charge in [0.25, 0.3) is 5.91 Å². The van der Waals surface area contributed by atoms with E-state index in [2.05, 4.69) is 10.3 Å². The normalized spacial score (nSPS) is 11.6. The summed E-state index contributed by atoms with van der Waals surface area (Å²) in [4.78, 5) is 29.4. The second-order valence-electron chi connectivity index (χ2n) is 6.35. The number of rotatable bonds is 7. The molecular formula is C21H20N4O3S. The quantitative estimate of drug-likeness (QED) is 0.602. The number of aromatic nitrogens is 2. The molecule has 0 bridgehead atoms. The lowest BCUT2D eigenvalue weighted by Crippen LogP contribution is -2.31. The van der Waals surface area contributed by atoms with Gasteiger partial charge in [-0.2, -0.15) is 17.0 Å². The molecule has 1 amide bonds. The number of carbonyl (C=O) groups excluding carboxylic acids is 2. The van der Waals surface area contributed by atoms with Gasteiger partial charge in [0.2, 0.25) is 0 Å². The maximum Gasteiger partial charge on any atom is 0.326 e. The number of carbonyl (C=O) groups is 2. The maximum atomic E-state index is 12.5. The van der Waals surface area contributed by atoms with Crippen molar-refractivity contribution in [1.29, 1.82) is 5.26 Å². The van der Waals surface area contributed by atoms with Crippen LogP contribution in [0.4, 0.5) is 5.69 Å². The van der Waals surface area contributed by atoms with Crippen LogP contribution in [-0.4, -0.2) is 33.8 Å². The van der Waals surface area contributed by atoms with Gasteiger partial charge in [-0.3, -0.25) is 9.59 Å². The van der Waals surface area contributed by atoms with E-state index in [1.807, 2.05) is 41.2 Å². The summed E-state index contributed by atoms with van der Waals surface area (Å²) in [5.74, 6) is 0.450. The van der Waals surface area contributed by atoms with Crippen LogP contribution in [0.15, 0.2) is 48.5 Å². The number of benzene rings is 2. The first-order chi connectivity index (χ1) is 14.0. The molecule has 29 heavy (non-hydrogen) atoms. The van der Waals surface area contributed by atoms with E-state index in [0.29, 0.717) is 17.0 Å². The zero-order chi connectivity index (χ0) is 20.8. The summed E-state index contributed by atoms with van der Waals surface area (Å²) in [6.45, 7) is 1.48. The molecule has 0 radical (unpaired) electrons. The highest BCUT2D eigenvalue weighted by Gasteiger charge is 2.20. The lowest BCUT2D eigenvalue weighted by molar-refractivity contribution is -0.153. The zero-order valence-electron chi connectivity index (χ0n) is 16.1. The van der Waals surface area contributed by atoms with Crippen molar-refractivity contribution in [3.8, 4) is 6.07 Å². The molecule has 1 heterocycles. The molecule has 3 aromatic rings. The molecule has 1 atom stereocenters. The van der Waals surface area contributed by atoms with Crippen LogP contribution < -0.4 is 5.32 Å². The second kappa shape index (κ2) is 9.26. The van der Waals surface area contributed by atoms with Gasteiger partial charge >= 0.3 is 5.97 Å². The molecule has 2 aromatic carbocycles. The molecule has 0 spiro atoms. The van der Waals surface area contributed by atoms with Crippen molar-refractivity contribution in [2.45, 2.75) is 25.3 Å². The third-order valence-electron chi connectivity index (χ3n) is 4.23. The molecule has 0 saturated carbocycles. The fourth-order valence-corrected chi connectivity index (χ4v) is 3.35. The minimum atomic E-state index is -0.980. The SMILES string of the molecule is CSCc1nc2ccccc2n1CC(=O)O[C@@H](C)C(=O)Nc1cccc(C#N)c1. The van der Waals surface area contributed by atoms with Crippen LogP contribution in [0.5, 0.6) is 0 Å². The molecule has 0 saturated heterocycles. The number of ether oxygens (including phenoxy) is 1. The van der Waals surface area contributed by atoms with E-state index >= 15 is 0 Å². The number of esters is 1. The van der Waals surface area contributed by atoms with Crippen LogP contribution in [0.25, 0.3) is 11.0 Å². The standard InChI is InChI=1S/C21H20N4O3S/c1-14(21(27)23-16-7-5-6-15(10-16)11-22)28-20(26)12-25-18-9-4-3-8-17(18)24-19(25)13-29-2/h3-10,14H,12-13H2,1-2H3,(H,23,27)/t14-/m0/s1. The van der Waals surface area contributed by atoms with Gasteiger partial charge < -0.3 is 14.6 Å². The first-order valence-corrected chi connectivity index (χ1v) is 10.3. The first kappa shape index (κ1) is 20.4. The lowest BCUT2D eigenvalue weighted by Gasteiger charge is -2.15. The number of thioether (sulfide) groups is 1. The molecule has 8 heteroatoms. The molecule has 3 rings (SSSR count). The second-order valence-corrected chi connectivity index (χ2v) is 7.22. The number of anilines is 1. The molecule has 1 N–H and O–H groups in total. The molecule has 0 unspecified atom stereocenters. The van der Waals surface area contributed by atoms with Gasteiger partial charge in [0.05, 0.1) is 28.4 Å². The Morgan fingerprint density at radius 2 is 2.07 bits per heavy atom. The number of imidazole rings is 1. The fraction of sp³-hybridized carbons (Fsp3) is 0.238. The highest BCUT2D eigenvalue weighted by molar-refractivity contribution is 7.97. The van der Waals surface area contributed by atoms with Crippen LogP contribution in [0, 0.1) is 11.3 Å². The number of nitriles is 1. The Kier molecular flexibility index (Phi) is 6.52. The van der Waals surface area contributed by atoms with E-state index in [-0.39, 0.29) is 6.54 Å². The van der Waals surface area contributed by atoms with Gasteiger partial charge in [-0.15, -0.1) is 0 Å². The van der Waals surface area contributed by atoms with E-state index in [0.717, 1.165) is 16.9 Å². The third-order valence-corrected chi connectivity index (χ3v) is 4.78. The van der Waals surface area contributed by atoms with Gasteiger partial charge in [-0.25, -0.2) is 4.98 Å². The number of hydrogen-bond acceptors (Lipinski definition) is 6. The van der Waals surface area contributed by atoms with E-state index in [1.165, 1.54) is 6.92 Å². The number of nitrogens with zero attached hydrogens (tertiary/aromatic N) is 3. The summed E-state index contributed by atoms with van der Waals surface area (Å²) in [6, 6.07) is 16.1. The molecule has 0 aliphatic carbocycles. The Morgan fingerprint density at radius 3 is 2.83 bits per heavy atom. The van der Waals surface area contributed by atoms with Crippen LogP contribution in [0.2, 0.25) is 0 Å². The highest BCUT2D eigenvalue weighted by Crippen LogP contribution is 2.19. The summed E-state index contributed by atoms with van der Waals surface area (Å²) < 4.78 is 7.14. The summed E-state index contributed by atoms with van der Waals surface area (Å²) in [5.41, 5.74) is 2.56. The van der Waals surface area contributed by atoms with E-state index < -0.39 is 18.0 Å². The van der Waals surface area contributed by atoms with E-state index in [1.54, 1.807) is 36.0 Å². The average molecular weight is 408 g/mol. The van der Waals surface area contributed by atoms with Gasteiger partial charge in [-0.05, 0) is 43.5 Å². The molecule has 7 nitrogen and oxygen atoms in total. The summed E-state index contributed by atoms with van der Waals surface area (Å²) in [6.07, 6.45) is 0.988. The smallest absolute Gasteiger partial charge is 0.326 e. The van der Waals surface area contributed by atoms with Crippen molar-refractivity contribution in [3.05, 3.63) is 59.9 Å². The minimum absolute atomic E-state index is 0.0298. The molecule has 148 valence electrons.